The van der Waals surface area contributed by atoms with E-state index >= 15 is 0 Å². The molecule has 7 nitrogen and oxygen atoms in total. The lowest BCUT2D eigenvalue weighted by atomic mass is 10.1. The molecule has 0 fully saturated rings. The molecule has 2 rings (SSSR count). The summed E-state index contributed by atoms with van der Waals surface area (Å²) in [6.45, 7) is -0.195. The number of esters is 1. The molecule has 0 saturated heterocycles. The number of aromatic nitrogens is 3. The van der Waals surface area contributed by atoms with Gasteiger partial charge in [-0.15, -0.1) is 16.7 Å². The third kappa shape index (κ3) is 6.22. The SMILES string of the molecule is CCOC(=O)C(Cl)Cc1cc(-n2nc(C)n(C(F)F)c2=O)c(F)cc1Cl.CNC. The van der Waals surface area contributed by atoms with Gasteiger partial charge in [0.1, 0.15) is 16.9 Å². The van der Waals surface area contributed by atoms with E-state index in [2.05, 4.69) is 10.4 Å². The van der Waals surface area contributed by atoms with Crippen molar-refractivity contribution in [3.05, 3.63) is 44.8 Å². The van der Waals surface area contributed by atoms with E-state index in [1.165, 1.54) is 6.92 Å². The van der Waals surface area contributed by atoms with E-state index in [9.17, 15) is 22.8 Å². The fraction of sp³-hybridized carbons (Fsp3) is 0.471. The zero-order valence-electron chi connectivity index (χ0n) is 16.2. The van der Waals surface area contributed by atoms with Crippen molar-refractivity contribution >= 4 is 29.2 Å². The normalized spacial score (nSPS) is 11.8. The van der Waals surface area contributed by atoms with Gasteiger partial charge < -0.3 is 10.1 Å². The molecule has 29 heavy (non-hydrogen) atoms. The number of halogens is 5. The molecule has 2 aromatic rings. The van der Waals surface area contributed by atoms with Crippen molar-refractivity contribution < 1.29 is 22.7 Å². The van der Waals surface area contributed by atoms with E-state index in [0.29, 0.717) is 4.68 Å². The number of ether oxygens (including phenoxy) is 1. The van der Waals surface area contributed by atoms with Crippen LogP contribution in [-0.2, 0) is 16.0 Å². The van der Waals surface area contributed by atoms with Crippen LogP contribution in [0, 0.1) is 12.7 Å². The van der Waals surface area contributed by atoms with Crippen molar-refractivity contribution in [2.75, 3.05) is 20.7 Å². The van der Waals surface area contributed by atoms with Crippen LogP contribution in [0.3, 0.4) is 0 Å². The van der Waals surface area contributed by atoms with Crippen LogP contribution < -0.4 is 11.0 Å². The van der Waals surface area contributed by atoms with Crippen molar-refractivity contribution in [1.29, 1.82) is 0 Å². The first-order valence-corrected chi connectivity index (χ1v) is 9.24. The van der Waals surface area contributed by atoms with Crippen molar-refractivity contribution in [3.63, 3.8) is 0 Å². The maximum atomic E-state index is 14.2. The third-order valence-electron chi connectivity index (χ3n) is 3.46. The van der Waals surface area contributed by atoms with Crippen molar-refractivity contribution in [2.45, 2.75) is 32.2 Å². The molecule has 0 radical (unpaired) electrons. The van der Waals surface area contributed by atoms with E-state index in [4.69, 9.17) is 27.9 Å². The lowest BCUT2D eigenvalue weighted by Gasteiger charge is -2.12. The van der Waals surface area contributed by atoms with Crippen molar-refractivity contribution in [1.82, 2.24) is 19.7 Å². The summed E-state index contributed by atoms with van der Waals surface area (Å²) in [4.78, 5) is 23.7. The molecule has 1 aromatic carbocycles. The lowest BCUT2D eigenvalue weighted by Crippen LogP contribution is -2.25. The molecule has 0 aliphatic heterocycles. The van der Waals surface area contributed by atoms with Gasteiger partial charge in [0.05, 0.1) is 6.61 Å². The number of nitrogens with one attached hydrogen (secondary N) is 1. The van der Waals surface area contributed by atoms with Gasteiger partial charge >= 0.3 is 18.2 Å². The second-order valence-corrected chi connectivity index (χ2v) is 6.64. The summed E-state index contributed by atoms with van der Waals surface area (Å²) in [5.74, 6) is -1.92. The highest BCUT2D eigenvalue weighted by atomic mass is 35.5. The van der Waals surface area contributed by atoms with Gasteiger partial charge in [0.25, 0.3) is 0 Å². The van der Waals surface area contributed by atoms with Gasteiger partial charge in [0, 0.05) is 11.4 Å². The summed E-state index contributed by atoms with van der Waals surface area (Å²) in [5, 5.41) is 5.27. The van der Waals surface area contributed by atoms with Crippen LogP contribution in [0.15, 0.2) is 16.9 Å². The number of hydrogen-bond acceptors (Lipinski definition) is 5. The standard InChI is InChI=1S/C15H14Cl2F3N3O3.C2H7N/c1-3-26-13(24)10(17)4-8-5-12(11(18)6-9(8)16)23-15(25)22(14(19)20)7(2)21-23;1-3-2/h5-6,10,14H,3-4H2,1-2H3;3H,1-2H3. The average Bonchev–Trinajstić information content (AvgIpc) is 2.92. The first-order chi connectivity index (χ1) is 13.6. The van der Waals surface area contributed by atoms with Gasteiger partial charge in [-0.25, -0.2) is 13.8 Å². The van der Waals surface area contributed by atoms with Gasteiger partial charge in [-0.05, 0) is 45.6 Å². The Kier molecular flexibility index (Phi) is 9.67. The Bertz CT molecular complexity index is 903. The molecule has 0 spiro atoms. The van der Waals surface area contributed by atoms with Crippen LogP contribution in [0.2, 0.25) is 5.02 Å². The summed E-state index contributed by atoms with van der Waals surface area (Å²) in [7, 11) is 3.75. The van der Waals surface area contributed by atoms with Crippen LogP contribution in [0.25, 0.3) is 5.69 Å². The Morgan fingerprint density at radius 3 is 2.41 bits per heavy atom. The highest BCUT2D eigenvalue weighted by Crippen LogP contribution is 2.25. The molecule has 1 atom stereocenters. The predicted octanol–water partition coefficient (Wildman–Crippen LogP) is 3.08. The van der Waals surface area contributed by atoms with Gasteiger partial charge in [-0.1, -0.05) is 11.6 Å². The van der Waals surface area contributed by atoms with Crippen LogP contribution in [0.4, 0.5) is 13.2 Å². The van der Waals surface area contributed by atoms with E-state index in [-0.39, 0.29) is 39.7 Å². The fourth-order valence-electron chi connectivity index (χ4n) is 2.27. The van der Waals surface area contributed by atoms with E-state index in [1.807, 2.05) is 14.1 Å². The number of benzene rings is 1. The number of carbonyl (C=O) groups is 1. The minimum absolute atomic E-state index is 0.0424. The van der Waals surface area contributed by atoms with Crippen LogP contribution >= 0.6 is 23.2 Å². The molecule has 1 aromatic heterocycles. The van der Waals surface area contributed by atoms with E-state index in [1.54, 1.807) is 6.92 Å². The molecule has 1 unspecified atom stereocenters. The highest BCUT2D eigenvalue weighted by Gasteiger charge is 2.23. The first kappa shape index (κ1) is 25.0. The summed E-state index contributed by atoms with van der Waals surface area (Å²) in [6.07, 6.45) is -0.115. The first-order valence-electron chi connectivity index (χ1n) is 8.42. The van der Waals surface area contributed by atoms with Crippen LogP contribution in [0.1, 0.15) is 24.9 Å². The number of aryl methyl sites for hydroxylation is 1. The summed E-state index contributed by atoms with van der Waals surface area (Å²) in [6, 6.07) is 2.03. The molecule has 0 bridgehead atoms. The second kappa shape index (κ2) is 11.2. The minimum Gasteiger partial charge on any atom is -0.465 e. The smallest absolute Gasteiger partial charge is 0.355 e. The summed E-state index contributed by atoms with van der Waals surface area (Å²) < 4.78 is 45.5. The lowest BCUT2D eigenvalue weighted by molar-refractivity contribution is -0.142. The minimum atomic E-state index is -3.12. The number of alkyl halides is 3. The van der Waals surface area contributed by atoms with Gasteiger partial charge in [-0.2, -0.15) is 13.5 Å². The Morgan fingerprint density at radius 1 is 1.34 bits per heavy atom. The predicted molar refractivity (Wildman–Crippen MR) is 104 cm³/mol. The number of hydrogen-bond donors (Lipinski definition) is 1. The topological polar surface area (TPSA) is 78.2 Å². The maximum absolute atomic E-state index is 14.2. The molecular formula is C17H21Cl2F3N4O3. The van der Waals surface area contributed by atoms with Crippen molar-refractivity contribution in [2.24, 2.45) is 0 Å². The molecule has 0 saturated carbocycles. The molecule has 1 N–H and O–H groups in total. The largest absolute Gasteiger partial charge is 0.465 e. The van der Waals surface area contributed by atoms with Gasteiger partial charge in [0.2, 0.25) is 0 Å². The van der Waals surface area contributed by atoms with Gasteiger partial charge in [0.15, 0.2) is 5.82 Å². The zero-order valence-corrected chi connectivity index (χ0v) is 17.7. The quantitative estimate of drug-likeness (QED) is 0.533. The number of nitrogens with zero attached hydrogens (tertiary/aromatic N) is 3. The van der Waals surface area contributed by atoms with E-state index < -0.39 is 29.4 Å². The Labute approximate surface area is 175 Å². The highest BCUT2D eigenvalue weighted by molar-refractivity contribution is 6.32. The molecule has 0 aliphatic carbocycles. The van der Waals surface area contributed by atoms with Crippen molar-refractivity contribution in [3.8, 4) is 5.69 Å². The monoisotopic (exact) mass is 456 g/mol. The molecule has 12 heteroatoms. The Morgan fingerprint density at radius 2 is 1.93 bits per heavy atom. The van der Waals surface area contributed by atoms with Crippen LogP contribution in [0.5, 0.6) is 0 Å². The number of rotatable bonds is 6. The maximum Gasteiger partial charge on any atom is 0.355 e. The second-order valence-electron chi connectivity index (χ2n) is 5.71. The summed E-state index contributed by atoms with van der Waals surface area (Å²) in [5.41, 5.74) is -1.37. The van der Waals surface area contributed by atoms with Gasteiger partial charge in [-0.3, -0.25) is 4.79 Å². The summed E-state index contributed by atoms with van der Waals surface area (Å²) >= 11 is 11.9. The third-order valence-corrected chi connectivity index (χ3v) is 4.15. The molecule has 0 aliphatic rings. The van der Waals surface area contributed by atoms with Crippen LogP contribution in [-0.4, -0.2) is 46.4 Å². The Hall–Kier alpha value is -2.04. The Balaban J connectivity index is 0.00000132. The zero-order chi connectivity index (χ0) is 22.3. The number of carbonyl (C=O) groups excluding carboxylic acids is 1. The molecule has 162 valence electrons. The van der Waals surface area contributed by atoms with E-state index in [0.717, 1.165) is 12.1 Å². The average molecular weight is 457 g/mol. The molecule has 1 heterocycles. The molecule has 0 amide bonds. The molecular weight excluding hydrogens is 436 g/mol. The fourth-order valence-corrected chi connectivity index (χ4v) is 2.72.